The van der Waals surface area contributed by atoms with E-state index >= 15 is 0 Å². The minimum Gasteiger partial charge on any atom is -0.437 e. The Balaban J connectivity index is 1.46. The van der Waals surface area contributed by atoms with E-state index in [1.807, 2.05) is 0 Å². The number of likely N-dealkylation sites (tertiary alicyclic amines) is 1. The van der Waals surface area contributed by atoms with Gasteiger partial charge in [-0.15, -0.1) is 0 Å². The van der Waals surface area contributed by atoms with E-state index in [2.05, 4.69) is 40.5 Å². The Morgan fingerprint density at radius 3 is 2.45 bits per heavy atom. The third-order valence-electron chi connectivity index (χ3n) is 4.88. The molecule has 108 valence electrons. The fourth-order valence-corrected chi connectivity index (χ4v) is 4.00. The molecule has 0 bridgehead atoms. The Morgan fingerprint density at radius 2 is 1.85 bits per heavy atom. The molecule has 3 nitrogen and oxygen atoms in total. The second kappa shape index (κ2) is 6.29. The monoisotopic (exact) mass is 272 g/mol. The zero-order valence-electron chi connectivity index (χ0n) is 12.3. The van der Waals surface area contributed by atoms with Crippen molar-refractivity contribution in [2.75, 3.05) is 19.6 Å². The maximum absolute atomic E-state index is 9.30. The Kier molecular flexibility index (Phi) is 4.44. The lowest BCUT2D eigenvalue weighted by atomic mass is 9.87. The summed E-state index contributed by atoms with van der Waals surface area (Å²) in [6, 6.07) is 10.8. The van der Waals surface area contributed by atoms with Crippen LogP contribution in [-0.2, 0) is 6.54 Å². The highest BCUT2D eigenvalue weighted by Gasteiger charge is 2.40. The van der Waals surface area contributed by atoms with Gasteiger partial charge in [-0.05, 0) is 49.5 Å². The Bertz CT molecular complexity index is 412. The molecule has 1 saturated heterocycles. The number of nitrogens with one attached hydrogen (secondary N) is 1. The van der Waals surface area contributed by atoms with Crippen molar-refractivity contribution in [1.29, 1.82) is 0 Å². The summed E-state index contributed by atoms with van der Waals surface area (Å²) in [5.74, 6) is 2.51. The lowest BCUT2D eigenvalue weighted by Gasteiger charge is -2.19. The SMILES string of the molecule is CB(O)NCC1C[C@@H]2CN(Cc3ccccc3)C[C@@H]2C1. The van der Waals surface area contributed by atoms with E-state index in [0.717, 1.165) is 30.8 Å². The van der Waals surface area contributed by atoms with Crippen LogP contribution in [0.25, 0.3) is 0 Å². The predicted octanol–water partition coefficient (Wildman–Crippen LogP) is 1.84. The summed E-state index contributed by atoms with van der Waals surface area (Å²) in [6.45, 7) is 6.39. The lowest BCUT2D eigenvalue weighted by Crippen LogP contribution is -2.34. The fourth-order valence-electron chi connectivity index (χ4n) is 4.00. The number of hydrogen-bond donors (Lipinski definition) is 2. The molecule has 0 aromatic heterocycles. The normalized spacial score (nSPS) is 29.6. The highest BCUT2D eigenvalue weighted by atomic mass is 16.2. The molecule has 1 unspecified atom stereocenters. The first-order valence-electron chi connectivity index (χ1n) is 7.88. The molecule has 1 saturated carbocycles. The molecule has 1 aliphatic heterocycles. The van der Waals surface area contributed by atoms with Crippen molar-refractivity contribution in [2.45, 2.75) is 26.2 Å². The smallest absolute Gasteiger partial charge is 0.373 e. The van der Waals surface area contributed by atoms with Gasteiger partial charge in [0.05, 0.1) is 0 Å². The van der Waals surface area contributed by atoms with Crippen LogP contribution in [0.1, 0.15) is 18.4 Å². The number of fused-ring (bicyclic) bond motifs is 1. The quantitative estimate of drug-likeness (QED) is 0.803. The molecule has 1 aliphatic carbocycles. The summed E-state index contributed by atoms with van der Waals surface area (Å²) in [5.41, 5.74) is 1.43. The van der Waals surface area contributed by atoms with Crippen LogP contribution < -0.4 is 5.23 Å². The molecule has 1 aromatic rings. The summed E-state index contributed by atoms with van der Waals surface area (Å²) in [4.78, 5) is 2.61. The maximum Gasteiger partial charge on any atom is 0.373 e. The number of hydrogen-bond acceptors (Lipinski definition) is 3. The van der Waals surface area contributed by atoms with E-state index in [9.17, 15) is 5.02 Å². The van der Waals surface area contributed by atoms with Crippen LogP contribution in [0.3, 0.4) is 0 Å². The molecular weight excluding hydrogens is 247 g/mol. The molecule has 0 amide bonds. The molecule has 0 spiro atoms. The Labute approximate surface area is 122 Å². The highest BCUT2D eigenvalue weighted by Crippen LogP contribution is 2.41. The van der Waals surface area contributed by atoms with Gasteiger partial charge in [-0.1, -0.05) is 30.3 Å². The Hall–Kier alpha value is -0.835. The van der Waals surface area contributed by atoms with Crippen molar-refractivity contribution >= 4 is 7.05 Å². The third-order valence-corrected chi connectivity index (χ3v) is 4.88. The third kappa shape index (κ3) is 3.43. The van der Waals surface area contributed by atoms with Gasteiger partial charge in [0, 0.05) is 19.6 Å². The molecule has 20 heavy (non-hydrogen) atoms. The molecular formula is C16H25BN2O. The van der Waals surface area contributed by atoms with E-state index in [1.54, 1.807) is 6.82 Å². The van der Waals surface area contributed by atoms with Crippen LogP contribution in [0.4, 0.5) is 0 Å². The first-order chi connectivity index (χ1) is 9.70. The molecule has 4 heteroatoms. The number of benzene rings is 1. The van der Waals surface area contributed by atoms with Crippen LogP contribution in [0, 0.1) is 17.8 Å². The standard InChI is InChI=1S/C16H25BN2O/c1-17(20)18-9-14-7-15-11-19(12-16(15)8-14)10-13-5-3-2-4-6-13/h2-6,14-16,18,20H,7-12H2,1H3/t14?,15-,16+. The summed E-state index contributed by atoms with van der Waals surface area (Å²) in [6.07, 6.45) is 2.66. The van der Waals surface area contributed by atoms with E-state index in [1.165, 1.54) is 31.5 Å². The number of rotatable bonds is 5. The van der Waals surface area contributed by atoms with Crippen LogP contribution in [-0.4, -0.2) is 36.6 Å². The van der Waals surface area contributed by atoms with Crippen molar-refractivity contribution in [3.8, 4) is 0 Å². The largest absolute Gasteiger partial charge is 0.437 e. The summed E-state index contributed by atoms with van der Waals surface area (Å²) >= 11 is 0. The molecule has 2 N–H and O–H groups in total. The molecule has 2 aliphatic rings. The lowest BCUT2D eigenvalue weighted by molar-refractivity contribution is 0.290. The topological polar surface area (TPSA) is 35.5 Å². The van der Waals surface area contributed by atoms with Gasteiger partial charge in [-0.3, -0.25) is 4.90 Å². The second-order valence-corrected chi connectivity index (χ2v) is 6.62. The van der Waals surface area contributed by atoms with Crippen molar-refractivity contribution in [1.82, 2.24) is 10.1 Å². The van der Waals surface area contributed by atoms with Gasteiger partial charge >= 0.3 is 7.05 Å². The van der Waals surface area contributed by atoms with Gasteiger partial charge in [0.2, 0.25) is 0 Å². The molecule has 0 radical (unpaired) electrons. The zero-order chi connectivity index (χ0) is 13.9. The highest BCUT2D eigenvalue weighted by molar-refractivity contribution is 6.45. The van der Waals surface area contributed by atoms with Gasteiger partial charge in [-0.25, -0.2) is 0 Å². The van der Waals surface area contributed by atoms with Crippen molar-refractivity contribution in [3.05, 3.63) is 35.9 Å². The van der Waals surface area contributed by atoms with Crippen LogP contribution in [0.2, 0.25) is 6.82 Å². The van der Waals surface area contributed by atoms with E-state index in [4.69, 9.17) is 0 Å². The average Bonchev–Trinajstić information content (AvgIpc) is 2.95. The van der Waals surface area contributed by atoms with Crippen LogP contribution in [0.5, 0.6) is 0 Å². The molecule has 3 atom stereocenters. The van der Waals surface area contributed by atoms with Crippen molar-refractivity contribution in [2.24, 2.45) is 17.8 Å². The fraction of sp³-hybridized carbons (Fsp3) is 0.625. The van der Waals surface area contributed by atoms with E-state index in [0.29, 0.717) is 0 Å². The van der Waals surface area contributed by atoms with Crippen molar-refractivity contribution in [3.63, 3.8) is 0 Å². The van der Waals surface area contributed by atoms with Gasteiger partial charge in [0.25, 0.3) is 0 Å². The average molecular weight is 272 g/mol. The maximum atomic E-state index is 9.30. The number of nitrogens with zero attached hydrogens (tertiary/aromatic N) is 1. The predicted molar refractivity (Wildman–Crippen MR) is 83.3 cm³/mol. The van der Waals surface area contributed by atoms with Gasteiger partial charge in [0.1, 0.15) is 0 Å². The van der Waals surface area contributed by atoms with Gasteiger partial charge in [-0.2, -0.15) is 0 Å². The summed E-state index contributed by atoms with van der Waals surface area (Å²) in [5, 5.41) is 12.5. The van der Waals surface area contributed by atoms with E-state index < -0.39 is 0 Å². The van der Waals surface area contributed by atoms with Crippen molar-refractivity contribution < 1.29 is 5.02 Å². The summed E-state index contributed by atoms with van der Waals surface area (Å²) < 4.78 is 0. The first-order valence-corrected chi connectivity index (χ1v) is 7.88. The van der Waals surface area contributed by atoms with Gasteiger partial charge < -0.3 is 10.3 Å². The Morgan fingerprint density at radius 1 is 1.20 bits per heavy atom. The molecule has 2 fully saturated rings. The first kappa shape index (κ1) is 14.1. The van der Waals surface area contributed by atoms with Crippen LogP contribution >= 0.6 is 0 Å². The van der Waals surface area contributed by atoms with E-state index in [-0.39, 0.29) is 7.05 Å². The molecule has 1 aromatic carbocycles. The minimum absolute atomic E-state index is 0.370. The molecule has 1 heterocycles. The minimum atomic E-state index is -0.370. The summed E-state index contributed by atoms with van der Waals surface area (Å²) in [7, 11) is -0.370. The zero-order valence-corrected chi connectivity index (χ0v) is 12.3. The molecule has 3 rings (SSSR count). The van der Waals surface area contributed by atoms with Gasteiger partial charge in [0.15, 0.2) is 0 Å². The van der Waals surface area contributed by atoms with Crippen LogP contribution in [0.15, 0.2) is 30.3 Å². The second-order valence-electron chi connectivity index (χ2n) is 6.62.